The highest BCUT2D eigenvalue weighted by molar-refractivity contribution is 7.81. The minimum absolute atomic E-state index is 0.0501. The molecule has 1 aliphatic carbocycles. The van der Waals surface area contributed by atoms with Crippen molar-refractivity contribution in [3.8, 4) is 0 Å². The molecule has 70 valence electrons. The molecule has 1 amide bonds. The van der Waals surface area contributed by atoms with E-state index in [9.17, 15) is 4.79 Å². The summed E-state index contributed by atoms with van der Waals surface area (Å²) in [6.45, 7) is 2.61. The van der Waals surface area contributed by atoms with Crippen molar-refractivity contribution in [1.29, 1.82) is 0 Å². The maximum Gasteiger partial charge on any atom is 0.232 e. The van der Waals surface area contributed by atoms with Crippen LogP contribution in [0.3, 0.4) is 0 Å². The predicted octanol–water partition coefficient (Wildman–Crippen LogP) is 1.61. The fourth-order valence-electron chi connectivity index (χ4n) is 1.16. The molecule has 0 radical (unpaired) electrons. The summed E-state index contributed by atoms with van der Waals surface area (Å²) < 4.78 is 0. The van der Waals surface area contributed by atoms with Crippen molar-refractivity contribution in [2.24, 2.45) is 5.92 Å². The van der Waals surface area contributed by atoms with Crippen LogP contribution in [0.15, 0.2) is 0 Å². The second kappa shape index (κ2) is 4.75. The molecule has 1 rings (SSSR count). The zero-order valence-corrected chi connectivity index (χ0v) is 8.44. The first kappa shape index (κ1) is 9.90. The molecule has 0 saturated heterocycles. The molecule has 0 aromatic rings. The molecule has 0 heterocycles. The van der Waals surface area contributed by atoms with E-state index in [1.54, 1.807) is 6.92 Å². The van der Waals surface area contributed by atoms with Gasteiger partial charge in [-0.3, -0.25) is 4.79 Å². The SMILES string of the molecule is CC(S)C(=O)NCCCC1CC1. The van der Waals surface area contributed by atoms with Crippen LogP contribution in [0.25, 0.3) is 0 Å². The van der Waals surface area contributed by atoms with Crippen molar-refractivity contribution < 1.29 is 4.79 Å². The normalized spacial score (nSPS) is 18.8. The molecule has 1 saturated carbocycles. The summed E-state index contributed by atoms with van der Waals surface area (Å²) in [6, 6.07) is 0. The summed E-state index contributed by atoms with van der Waals surface area (Å²) >= 11 is 4.04. The van der Waals surface area contributed by atoms with E-state index < -0.39 is 0 Å². The Morgan fingerprint density at radius 2 is 2.33 bits per heavy atom. The molecule has 0 aromatic carbocycles. The van der Waals surface area contributed by atoms with E-state index in [0.717, 1.165) is 18.9 Å². The highest BCUT2D eigenvalue weighted by Crippen LogP contribution is 2.33. The van der Waals surface area contributed by atoms with Gasteiger partial charge in [0.2, 0.25) is 5.91 Å². The zero-order valence-electron chi connectivity index (χ0n) is 7.55. The molecular formula is C9H17NOS. The first-order valence-corrected chi connectivity index (χ1v) is 5.17. The van der Waals surface area contributed by atoms with Crippen molar-refractivity contribution in [3.63, 3.8) is 0 Å². The topological polar surface area (TPSA) is 29.1 Å². The molecule has 1 N–H and O–H groups in total. The van der Waals surface area contributed by atoms with E-state index in [1.807, 2.05) is 0 Å². The third kappa shape index (κ3) is 4.00. The lowest BCUT2D eigenvalue weighted by Gasteiger charge is -2.05. The second-order valence-corrected chi connectivity index (χ2v) is 4.33. The van der Waals surface area contributed by atoms with Crippen LogP contribution in [-0.4, -0.2) is 17.7 Å². The van der Waals surface area contributed by atoms with Gasteiger partial charge in [0.1, 0.15) is 0 Å². The number of rotatable bonds is 5. The first-order chi connectivity index (χ1) is 5.70. The molecule has 0 spiro atoms. The average Bonchev–Trinajstić information content (AvgIpc) is 2.80. The predicted molar refractivity (Wildman–Crippen MR) is 53.4 cm³/mol. The number of thiol groups is 1. The van der Waals surface area contributed by atoms with E-state index >= 15 is 0 Å². The third-order valence-electron chi connectivity index (χ3n) is 2.16. The molecule has 0 aliphatic heterocycles. The number of hydrogen-bond acceptors (Lipinski definition) is 2. The van der Waals surface area contributed by atoms with Gasteiger partial charge in [0.25, 0.3) is 0 Å². The summed E-state index contributed by atoms with van der Waals surface area (Å²) in [5, 5.41) is 2.67. The largest absolute Gasteiger partial charge is 0.355 e. The van der Waals surface area contributed by atoms with Crippen LogP contribution >= 0.6 is 12.6 Å². The van der Waals surface area contributed by atoms with E-state index in [-0.39, 0.29) is 11.2 Å². The summed E-state index contributed by atoms with van der Waals surface area (Å²) in [4.78, 5) is 11.0. The smallest absolute Gasteiger partial charge is 0.232 e. The van der Waals surface area contributed by atoms with Gasteiger partial charge >= 0.3 is 0 Å². The third-order valence-corrected chi connectivity index (χ3v) is 2.40. The quantitative estimate of drug-likeness (QED) is 0.497. The Morgan fingerprint density at radius 1 is 1.67 bits per heavy atom. The molecular weight excluding hydrogens is 170 g/mol. The highest BCUT2D eigenvalue weighted by Gasteiger charge is 2.20. The Morgan fingerprint density at radius 3 is 2.83 bits per heavy atom. The number of hydrogen-bond donors (Lipinski definition) is 2. The van der Waals surface area contributed by atoms with Gasteiger partial charge in [-0.15, -0.1) is 0 Å². The zero-order chi connectivity index (χ0) is 8.97. The lowest BCUT2D eigenvalue weighted by Crippen LogP contribution is -2.30. The molecule has 0 bridgehead atoms. The summed E-state index contributed by atoms with van der Waals surface area (Å²) in [5.41, 5.74) is 0. The van der Waals surface area contributed by atoms with Crippen LogP contribution in [0.1, 0.15) is 32.6 Å². The van der Waals surface area contributed by atoms with Crippen LogP contribution in [0.2, 0.25) is 0 Å². The molecule has 1 fully saturated rings. The van der Waals surface area contributed by atoms with Crippen molar-refractivity contribution in [1.82, 2.24) is 5.32 Å². The Kier molecular flexibility index (Phi) is 3.92. The second-order valence-electron chi connectivity index (χ2n) is 3.55. The van der Waals surface area contributed by atoms with Gasteiger partial charge in [-0.2, -0.15) is 12.6 Å². The highest BCUT2D eigenvalue weighted by atomic mass is 32.1. The van der Waals surface area contributed by atoms with E-state index in [4.69, 9.17) is 0 Å². The monoisotopic (exact) mass is 187 g/mol. The number of carbonyl (C=O) groups excluding carboxylic acids is 1. The van der Waals surface area contributed by atoms with Crippen LogP contribution < -0.4 is 5.32 Å². The Bertz CT molecular complexity index is 155. The molecule has 2 nitrogen and oxygen atoms in total. The Labute approximate surface area is 79.5 Å². The summed E-state index contributed by atoms with van der Waals surface area (Å²) in [5.74, 6) is 1.02. The van der Waals surface area contributed by atoms with E-state index in [0.29, 0.717) is 0 Å². The number of amides is 1. The summed E-state index contributed by atoms with van der Waals surface area (Å²) in [7, 11) is 0. The fourth-order valence-corrected chi connectivity index (χ4v) is 1.25. The minimum Gasteiger partial charge on any atom is -0.355 e. The molecule has 12 heavy (non-hydrogen) atoms. The van der Waals surface area contributed by atoms with Gasteiger partial charge in [-0.1, -0.05) is 12.8 Å². The molecule has 1 unspecified atom stereocenters. The van der Waals surface area contributed by atoms with Crippen LogP contribution in [0, 0.1) is 5.92 Å². The molecule has 0 aromatic heterocycles. The van der Waals surface area contributed by atoms with Crippen molar-refractivity contribution in [2.75, 3.05) is 6.54 Å². The van der Waals surface area contributed by atoms with Crippen LogP contribution in [0.4, 0.5) is 0 Å². The maximum absolute atomic E-state index is 11.0. The summed E-state index contributed by atoms with van der Waals surface area (Å²) in [6.07, 6.45) is 5.20. The van der Waals surface area contributed by atoms with Crippen LogP contribution in [0.5, 0.6) is 0 Å². The lowest BCUT2D eigenvalue weighted by molar-refractivity contribution is -0.120. The van der Waals surface area contributed by atoms with Gasteiger partial charge < -0.3 is 5.32 Å². The molecule has 1 atom stereocenters. The molecule has 1 aliphatic rings. The van der Waals surface area contributed by atoms with Gasteiger partial charge in [0, 0.05) is 6.54 Å². The van der Waals surface area contributed by atoms with Gasteiger partial charge in [0.15, 0.2) is 0 Å². The maximum atomic E-state index is 11.0. The average molecular weight is 187 g/mol. The van der Waals surface area contributed by atoms with Gasteiger partial charge in [-0.05, 0) is 25.7 Å². The lowest BCUT2D eigenvalue weighted by atomic mass is 10.2. The van der Waals surface area contributed by atoms with E-state index in [2.05, 4.69) is 17.9 Å². The van der Waals surface area contributed by atoms with E-state index in [1.165, 1.54) is 19.3 Å². The van der Waals surface area contributed by atoms with Crippen molar-refractivity contribution >= 4 is 18.5 Å². The van der Waals surface area contributed by atoms with Crippen LogP contribution in [-0.2, 0) is 4.79 Å². The first-order valence-electron chi connectivity index (χ1n) is 4.66. The van der Waals surface area contributed by atoms with Crippen molar-refractivity contribution in [3.05, 3.63) is 0 Å². The Balaban J connectivity index is 1.90. The van der Waals surface area contributed by atoms with Gasteiger partial charge in [0.05, 0.1) is 5.25 Å². The standard InChI is InChI=1S/C9H17NOS/c1-7(12)9(11)10-6-2-3-8-4-5-8/h7-8,12H,2-6H2,1H3,(H,10,11). The number of carbonyl (C=O) groups is 1. The molecule has 3 heteroatoms. The van der Waals surface area contributed by atoms with Gasteiger partial charge in [-0.25, -0.2) is 0 Å². The van der Waals surface area contributed by atoms with Crippen molar-refractivity contribution in [2.45, 2.75) is 37.9 Å². The number of nitrogens with one attached hydrogen (secondary N) is 1. The Hall–Kier alpha value is -0.180. The fraction of sp³-hybridized carbons (Fsp3) is 0.889. The minimum atomic E-state index is -0.175.